The van der Waals surface area contributed by atoms with Gasteiger partial charge in [-0.05, 0) is 53.6 Å². The van der Waals surface area contributed by atoms with Crippen LogP contribution in [0, 0.1) is 0 Å². The minimum atomic E-state index is 0.362. The largest absolute Gasteiger partial charge is 0.377 e. The van der Waals surface area contributed by atoms with Gasteiger partial charge in [0.2, 0.25) is 0 Å². The molecule has 1 atom stereocenters. The summed E-state index contributed by atoms with van der Waals surface area (Å²) in [4.78, 5) is 6.63. The summed E-state index contributed by atoms with van der Waals surface area (Å²) < 4.78 is 8.06. The lowest BCUT2D eigenvalue weighted by Crippen LogP contribution is -2.31. The van der Waals surface area contributed by atoms with Crippen LogP contribution in [0.2, 0.25) is 0 Å². The Morgan fingerprint density at radius 3 is 2.76 bits per heavy atom. The van der Waals surface area contributed by atoms with Gasteiger partial charge >= 0.3 is 0 Å². The predicted octanol–water partition coefficient (Wildman–Crippen LogP) is 3.75. The summed E-state index contributed by atoms with van der Waals surface area (Å²) in [5, 5.41) is 1.30. The second-order valence-corrected chi connectivity index (χ2v) is 6.98. The fourth-order valence-corrected chi connectivity index (χ4v) is 3.67. The van der Waals surface area contributed by atoms with Crippen LogP contribution >= 0.6 is 0 Å². The lowest BCUT2D eigenvalue weighted by Gasteiger charge is -2.25. The zero-order valence-electron chi connectivity index (χ0n) is 14.8. The first-order valence-electron chi connectivity index (χ1n) is 9.05. The molecule has 0 N–H and O–H groups in total. The summed E-state index contributed by atoms with van der Waals surface area (Å²) in [6.45, 7) is 3.74. The lowest BCUT2D eigenvalue weighted by molar-refractivity contribution is 0.0679. The van der Waals surface area contributed by atoms with E-state index in [2.05, 4.69) is 64.1 Å². The Hall–Kier alpha value is -2.17. The van der Waals surface area contributed by atoms with Gasteiger partial charge in [-0.2, -0.15) is 0 Å². The van der Waals surface area contributed by atoms with Gasteiger partial charge in [0.25, 0.3) is 0 Å². The number of benzene rings is 1. The van der Waals surface area contributed by atoms with Gasteiger partial charge in [0.1, 0.15) is 0 Å². The quantitative estimate of drug-likeness (QED) is 0.687. The van der Waals surface area contributed by atoms with Crippen LogP contribution in [-0.4, -0.2) is 33.7 Å². The molecule has 0 aliphatic carbocycles. The third-order valence-corrected chi connectivity index (χ3v) is 5.00. The second-order valence-electron chi connectivity index (χ2n) is 6.98. The van der Waals surface area contributed by atoms with E-state index in [-0.39, 0.29) is 0 Å². The summed E-state index contributed by atoms with van der Waals surface area (Å²) >= 11 is 0. The minimum absolute atomic E-state index is 0.362. The summed E-state index contributed by atoms with van der Waals surface area (Å²) in [5.41, 5.74) is 3.94. The van der Waals surface area contributed by atoms with Crippen LogP contribution in [0.15, 0.2) is 55.0 Å². The molecular weight excluding hydrogens is 310 g/mol. The van der Waals surface area contributed by atoms with Crippen LogP contribution in [0.4, 0.5) is 0 Å². The van der Waals surface area contributed by atoms with E-state index in [1.807, 2.05) is 12.4 Å². The number of hydrogen-bond acceptors (Lipinski definition) is 3. The van der Waals surface area contributed by atoms with Crippen molar-refractivity contribution in [3.8, 4) is 0 Å². The van der Waals surface area contributed by atoms with Crippen LogP contribution in [0.25, 0.3) is 10.9 Å². The van der Waals surface area contributed by atoms with Crippen molar-refractivity contribution in [3.05, 3.63) is 66.1 Å². The van der Waals surface area contributed by atoms with Gasteiger partial charge in [0, 0.05) is 57.4 Å². The van der Waals surface area contributed by atoms with Crippen LogP contribution < -0.4 is 0 Å². The Balaban J connectivity index is 1.53. The van der Waals surface area contributed by atoms with Gasteiger partial charge in [-0.15, -0.1) is 0 Å². The standard InChI is InChI=1S/C21H25N3O/c1-23-11-8-19-5-4-18(13-21(19)23)15-24(16-20-3-2-12-25-20)14-17-6-9-22-10-7-17/h4-11,13,20H,2-3,12,14-16H2,1H3. The lowest BCUT2D eigenvalue weighted by atomic mass is 10.1. The molecule has 0 spiro atoms. The van der Waals surface area contributed by atoms with E-state index in [1.54, 1.807) is 0 Å². The van der Waals surface area contributed by atoms with E-state index in [0.717, 1.165) is 26.2 Å². The number of nitrogens with zero attached hydrogens (tertiary/aromatic N) is 3. The molecule has 4 rings (SSSR count). The van der Waals surface area contributed by atoms with Crippen molar-refractivity contribution in [2.45, 2.75) is 32.0 Å². The van der Waals surface area contributed by atoms with Crippen molar-refractivity contribution in [2.24, 2.45) is 7.05 Å². The molecule has 1 fully saturated rings. The van der Waals surface area contributed by atoms with Gasteiger partial charge < -0.3 is 9.30 Å². The Kier molecular flexibility index (Phi) is 4.81. The molecule has 25 heavy (non-hydrogen) atoms. The number of fused-ring (bicyclic) bond motifs is 1. The fraction of sp³-hybridized carbons (Fsp3) is 0.381. The predicted molar refractivity (Wildman–Crippen MR) is 100 cm³/mol. The zero-order chi connectivity index (χ0) is 17.1. The number of aromatic nitrogens is 2. The molecule has 1 aliphatic rings. The van der Waals surface area contributed by atoms with Gasteiger partial charge in [-0.25, -0.2) is 0 Å². The highest BCUT2D eigenvalue weighted by Crippen LogP contribution is 2.20. The maximum Gasteiger partial charge on any atom is 0.0703 e. The molecule has 0 radical (unpaired) electrons. The molecule has 1 aliphatic heterocycles. The second kappa shape index (κ2) is 7.38. The first-order chi connectivity index (χ1) is 12.3. The number of ether oxygens (including phenoxy) is 1. The van der Waals surface area contributed by atoms with Crippen LogP contribution in [0.5, 0.6) is 0 Å². The van der Waals surface area contributed by atoms with Crippen molar-refractivity contribution in [2.75, 3.05) is 13.2 Å². The third kappa shape index (κ3) is 3.91. The van der Waals surface area contributed by atoms with Gasteiger partial charge in [-0.1, -0.05) is 12.1 Å². The maximum absolute atomic E-state index is 5.88. The Morgan fingerprint density at radius 2 is 1.96 bits per heavy atom. The molecule has 1 unspecified atom stereocenters. The molecule has 3 aromatic rings. The van der Waals surface area contributed by atoms with E-state index >= 15 is 0 Å². The topological polar surface area (TPSA) is 30.3 Å². The molecule has 4 heteroatoms. The molecule has 0 amide bonds. The third-order valence-electron chi connectivity index (χ3n) is 5.00. The van der Waals surface area contributed by atoms with Crippen LogP contribution in [-0.2, 0) is 24.9 Å². The van der Waals surface area contributed by atoms with E-state index in [0.29, 0.717) is 6.10 Å². The highest BCUT2D eigenvalue weighted by molar-refractivity contribution is 5.80. The minimum Gasteiger partial charge on any atom is -0.377 e. The summed E-state index contributed by atoms with van der Waals surface area (Å²) in [7, 11) is 2.10. The van der Waals surface area contributed by atoms with Crippen molar-refractivity contribution >= 4 is 10.9 Å². The average molecular weight is 335 g/mol. The summed E-state index contributed by atoms with van der Waals surface area (Å²) in [6, 6.07) is 13.1. The molecular formula is C21H25N3O. The molecule has 130 valence electrons. The van der Waals surface area contributed by atoms with Crippen LogP contribution in [0.3, 0.4) is 0 Å². The molecule has 1 saturated heterocycles. The zero-order valence-corrected chi connectivity index (χ0v) is 14.8. The van der Waals surface area contributed by atoms with Crippen LogP contribution in [0.1, 0.15) is 24.0 Å². The molecule has 1 aromatic carbocycles. The fourth-order valence-electron chi connectivity index (χ4n) is 3.67. The molecule has 0 bridgehead atoms. The summed E-state index contributed by atoms with van der Waals surface area (Å²) in [5.74, 6) is 0. The smallest absolute Gasteiger partial charge is 0.0703 e. The van der Waals surface area contributed by atoms with Gasteiger partial charge in [0.05, 0.1) is 6.10 Å². The maximum atomic E-state index is 5.88. The van der Waals surface area contributed by atoms with Gasteiger partial charge in [-0.3, -0.25) is 9.88 Å². The van der Waals surface area contributed by atoms with E-state index in [1.165, 1.54) is 34.9 Å². The SMILES string of the molecule is Cn1ccc2ccc(CN(Cc3ccncc3)CC3CCCO3)cc21. The average Bonchev–Trinajstić information content (AvgIpc) is 3.26. The van der Waals surface area contributed by atoms with Crippen molar-refractivity contribution in [3.63, 3.8) is 0 Å². The monoisotopic (exact) mass is 335 g/mol. The Labute approximate surface area is 149 Å². The number of pyridine rings is 1. The summed E-state index contributed by atoms with van der Waals surface area (Å²) in [6.07, 6.45) is 8.58. The van der Waals surface area contributed by atoms with Gasteiger partial charge in [0.15, 0.2) is 0 Å². The number of rotatable bonds is 6. The van der Waals surface area contributed by atoms with E-state index < -0.39 is 0 Å². The molecule has 2 aromatic heterocycles. The highest BCUT2D eigenvalue weighted by Gasteiger charge is 2.19. The first kappa shape index (κ1) is 16.3. The molecule has 0 saturated carbocycles. The number of hydrogen-bond donors (Lipinski definition) is 0. The number of aryl methyl sites for hydroxylation is 1. The van der Waals surface area contributed by atoms with Crippen molar-refractivity contribution in [1.29, 1.82) is 0 Å². The molecule has 4 nitrogen and oxygen atoms in total. The first-order valence-corrected chi connectivity index (χ1v) is 9.05. The van der Waals surface area contributed by atoms with Crippen molar-refractivity contribution < 1.29 is 4.74 Å². The highest BCUT2D eigenvalue weighted by atomic mass is 16.5. The van der Waals surface area contributed by atoms with E-state index in [9.17, 15) is 0 Å². The van der Waals surface area contributed by atoms with Crippen molar-refractivity contribution in [1.82, 2.24) is 14.5 Å². The Morgan fingerprint density at radius 1 is 1.12 bits per heavy atom. The molecule has 3 heterocycles. The van der Waals surface area contributed by atoms with E-state index in [4.69, 9.17) is 4.74 Å². The Bertz CT molecular complexity index is 822. The normalized spacial score (nSPS) is 17.6.